The molecule has 0 saturated carbocycles. The number of hydrogen-bond acceptors (Lipinski definition) is 3. The van der Waals surface area contributed by atoms with Crippen LogP contribution < -0.4 is 10.8 Å². The second-order valence-corrected chi connectivity index (χ2v) is 6.09. The van der Waals surface area contributed by atoms with Crippen molar-refractivity contribution in [1.29, 1.82) is 0 Å². The molecule has 0 fully saturated rings. The summed E-state index contributed by atoms with van der Waals surface area (Å²) >= 11 is 0. The van der Waals surface area contributed by atoms with Crippen LogP contribution in [0.3, 0.4) is 0 Å². The maximum Gasteiger partial charge on any atom is 0.267 e. The summed E-state index contributed by atoms with van der Waals surface area (Å²) in [5, 5.41) is 11.5. The zero-order valence-electron chi connectivity index (χ0n) is 13.7. The summed E-state index contributed by atoms with van der Waals surface area (Å²) < 4.78 is 0. The van der Waals surface area contributed by atoms with E-state index < -0.39 is 5.91 Å². The van der Waals surface area contributed by atoms with Crippen LogP contribution in [-0.2, 0) is 22.4 Å². The summed E-state index contributed by atoms with van der Waals surface area (Å²) in [4.78, 5) is 23.8. The van der Waals surface area contributed by atoms with E-state index in [4.69, 9.17) is 5.21 Å². The Kier molecular flexibility index (Phi) is 5.26. The van der Waals surface area contributed by atoms with Gasteiger partial charge in [0.2, 0.25) is 5.91 Å². The summed E-state index contributed by atoms with van der Waals surface area (Å²) in [6.07, 6.45) is 5.24. The molecule has 1 unspecified atom stereocenters. The summed E-state index contributed by atoms with van der Waals surface area (Å²) in [7, 11) is 0. The van der Waals surface area contributed by atoms with E-state index in [1.54, 1.807) is 23.7 Å². The molecule has 3 N–H and O–H groups in total. The lowest BCUT2D eigenvalue weighted by molar-refractivity contribution is -0.124. The highest BCUT2D eigenvalue weighted by atomic mass is 16.5. The van der Waals surface area contributed by atoms with Gasteiger partial charge in [0.15, 0.2) is 0 Å². The van der Waals surface area contributed by atoms with Gasteiger partial charge in [-0.1, -0.05) is 42.5 Å². The van der Waals surface area contributed by atoms with Crippen molar-refractivity contribution in [3.05, 3.63) is 71.3 Å². The number of amides is 2. The Morgan fingerprint density at radius 3 is 2.56 bits per heavy atom. The number of rotatable bonds is 4. The van der Waals surface area contributed by atoms with Gasteiger partial charge >= 0.3 is 0 Å². The van der Waals surface area contributed by atoms with Crippen molar-refractivity contribution in [1.82, 2.24) is 5.48 Å². The fraction of sp³-hybridized carbons (Fsp3) is 0.200. The molecule has 2 aromatic rings. The number of hydroxylamine groups is 1. The van der Waals surface area contributed by atoms with Gasteiger partial charge in [0, 0.05) is 17.7 Å². The van der Waals surface area contributed by atoms with Crippen LogP contribution in [-0.4, -0.2) is 17.0 Å². The van der Waals surface area contributed by atoms with Gasteiger partial charge in [-0.25, -0.2) is 5.48 Å². The standard InChI is InChI=1S/C20H20N2O3/c23-19(22-25)12-11-15-6-3-4-8-18(15)21-20(24)17-10-9-14-5-1-2-7-16(14)13-17/h1-8,11-12,17,25H,9-10,13H2,(H,21,24)(H,22,23)/b12-11+. The highest BCUT2D eigenvalue weighted by Crippen LogP contribution is 2.27. The molecule has 128 valence electrons. The number of carbonyl (C=O) groups excluding carboxylic acids is 2. The van der Waals surface area contributed by atoms with E-state index in [0.717, 1.165) is 19.3 Å². The van der Waals surface area contributed by atoms with E-state index in [-0.39, 0.29) is 11.8 Å². The Bertz CT molecular complexity index is 814. The van der Waals surface area contributed by atoms with Crippen LogP contribution in [0.25, 0.3) is 6.08 Å². The van der Waals surface area contributed by atoms with Crippen LogP contribution in [0.1, 0.15) is 23.1 Å². The third-order valence-electron chi connectivity index (χ3n) is 4.46. The molecule has 1 aliphatic rings. The average Bonchev–Trinajstić information content (AvgIpc) is 2.66. The molecule has 3 rings (SSSR count). The van der Waals surface area contributed by atoms with Crippen LogP contribution in [0, 0.1) is 5.92 Å². The summed E-state index contributed by atoms with van der Waals surface area (Å²) in [5.74, 6) is -0.695. The molecular formula is C20H20N2O3. The average molecular weight is 336 g/mol. The lowest BCUT2D eigenvalue weighted by Crippen LogP contribution is -2.28. The fourth-order valence-corrected chi connectivity index (χ4v) is 3.12. The van der Waals surface area contributed by atoms with Gasteiger partial charge < -0.3 is 5.32 Å². The Morgan fingerprint density at radius 2 is 1.76 bits per heavy atom. The number of para-hydroxylation sites is 1. The van der Waals surface area contributed by atoms with E-state index in [1.807, 2.05) is 24.3 Å². The van der Waals surface area contributed by atoms with Gasteiger partial charge in [0.25, 0.3) is 5.91 Å². The maximum atomic E-state index is 12.7. The van der Waals surface area contributed by atoms with E-state index in [2.05, 4.69) is 17.4 Å². The summed E-state index contributed by atoms with van der Waals surface area (Å²) in [6, 6.07) is 15.5. The molecule has 5 heteroatoms. The molecule has 2 aromatic carbocycles. The predicted octanol–water partition coefficient (Wildman–Crippen LogP) is 2.95. The number of fused-ring (bicyclic) bond motifs is 1. The zero-order chi connectivity index (χ0) is 17.6. The molecule has 25 heavy (non-hydrogen) atoms. The van der Waals surface area contributed by atoms with Gasteiger partial charge in [-0.15, -0.1) is 0 Å². The van der Waals surface area contributed by atoms with Crippen molar-refractivity contribution in [2.24, 2.45) is 5.92 Å². The monoisotopic (exact) mass is 336 g/mol. The number of hydrogen-bond donors (Lipinski definition) is 3. The Labute approximate surface area is 146 Å². The molecule has 5 nitrogen and oxygen atoms in total. The molecule has 1 atom stereocenters. The van der Waals surface area contributed by atoms with Crippen molar-refractivity contribution in [2.45, 2.75) is 19.3 Å². The first-order chi connectivity index (χ1) is 12.2. The van der Waals surface area contributed by atoms with Gasteiger partial charge in [-0.3, -0.25) is 14.8 Å². The van der Waals surface area contributed by atoms with Crippen LogP contribution in [0.4, 0.5) is 5.69 Å². The minimum absolute atomic E-state index is 0.0121. The first-order valence-corrected chi connectivity index (χ1v) is 8.26. The van der Waals surface area contributed by atoms with Crippen molar-refractivity contribution in [2.75, 3.05) is 5.32 Å². The van der Waals surface area contributed by atoms with E-state index in [9.17, 15) is 9.59 Å². The molecule has 0 saturated heterocycles. The minimum Gasteiger partial charge on any atom is -0.325 e. The lowest BCUT2D eigenvalue weighted by Gasteiger charge is -2.24. The van der Waals surface area contributed by atoms with Crippen molar-refractivity contribution in [3.8, 4) is 0 Å². The summed E-state index contributed by atoms with van der Waals surface area (Å²) in [6.45, 7) is 0. The molecule has 0 bridgehead atoms. The number of nitrogens with one attached hydrogen (secondary N) is 2. The number of carbonyl (C=O) groups is 2. The molecule has 0 radical (unpaired) electrons. The number of aryl methyl sites for hydroxylation is 1. The molecule has 1 aliphatic carbocycles. The molecule has 0 aliphatic heterocycles. The number of anilines is 1. The Hall–Kier alpha value is -2.92. The summed E-state index contributed by atoms with van der Waals surface area (Å²) in [5.41, 5.74) is 5.46. The van der Waals surface area contributed by atoms with Crippen molar-refractivity contribution < 1.29 is 14.8 Å². The maximum absolute atomic E-state index is 12.7. The van der Waals surface area contributed by atoms with E-state index in [0.29, 0.717) is 11.3 Å². The Balaban J connectivity index is 1.72. The van der Waals surface area contributed by atoms with Gasteiger partial charge in [-0.05, 0) is 48.1 Å². The van der Waals surface area contributed by atoms with Gasteiger partial charge in [0.1, 0.15) is 0 Å². The molecular weight excluding hydrogens is 316 g/mol. The van der Waals surface area contributed by atoms with Crippen LogP contribution in [0.15, 0.2) is 54.6 Å². The van der Waals surface area contributed by atoms with Crippen LogP contribution in [0.2, 0.25) is 0 Å². The third kappa shape index (κ3) is 4.14. The highest BCUT2D eigenvalue weighted by Gasteiger charge is 2.24. The molecule has 0 spiro atoms. The number of benzene rings is 2. The smallest absolute Gasteiger partial charge is 0.267 e. The lowest BCUT2D eigenvalue weighted by atomic mass is 9.83. The molecule has 2 amide bonds. The first kappa shape index (κ1) is 16.9. The molecule has 0 heterocycles. The quantitative estimate of drug-likeness (QED) is 0.456. The van der Waals surface area contributed by atoms with Gasteiger partial charge in [0.05, 0.1) is 0 Å². The SMILES string of the molecule is O=C(/C=C/c1ccccc1NC(=O)C1CCc2ccccc2C1)NO. The fourth-order valence-electron chi connectivity index (χ4n) is 3.12. The second-order valence-electron chi connectivity index (χ2n) is 6.09. The third-order valence-corrected chi connectivity index (χ3v) is 4.46. The zero-order valence-corrected chi connectivity index (χ0v) is 13.7. The predicted molar refractivity (Wildman–Crippen MR) is 96.0 cm³/mol. The van der Waals surface area contributed by atoms with Crippen LogP contribution >= 0.6 is 0 Å². The normalized spacial score (nSPS) is 16.3. The molecule has 0 aromatic heterocycles. The largest absolute Gasteiger partial charge is 0.325 e. The van der Waals surface area contributed by atoms with Gasteiger partial charge in [-0.2, -0.15) is 0 Å². The Morgan fingerprint density at radius 1 is 1.04 bits per heavy atom. The van der Waals surface area contributed by atoms with Crippen molar-refractivity contribution in [3.63, 3.8) is 0 Å². The first-order valence-electron chi connectivity index (χ1n) is 8.26. The second kappa shape index (κ2) is 7.77. The minimum atomic E-state index is -0.620. The van der Waals surface area contributed by atoms with E-state index >= 15 is 0 Å². The highest BCUT2D eigenvalue weighted by molar-refractivity contribution is 5.96. The van der Waals surface area contributed by atoms with Crippen molar-refractivity contribution >= 4 is 23.6 Å². The topological polar surface area (TPSA) is 78.4 Å². The van der Waals surface area contributed by atoms with E-state index in [1.165, 1.54) is 17.2 Å². The van der Waals surface area contributed by atoms with Crippen LogP contribution in [0.5, 0.6) is 0 Å².